The van der Waals surface area contributed by atoms with Gasteiger partial charge in [-0.15, -0.1) is 0 Å². The zero-order valence-corrected chi connectivity index (χ0v) is 21.9. The van der Waals surface area contributed by atoms with Gasteiger partial charge in [0.15, 0.2) is 0 Å². The molecular formula is C29H36N4O4. The summed E-state index contributed by atoms with van der Waals surface area (Å²) >= 11 is 0. The van der Waals surface area contributed by atoms with Crippen LogP contribution in [0.3, 0.4) is 0 Å². The number of nitrogens with zero attached hydrogens (tertiary/aromatic N) is 3. The highest BCUT2D eigenvalue weighted by molar-refractivity contribution is 6.01. The summed E-state index contributed by atoms with van der Waals surface area (Å²) in [6.45, 7) is 8.77. The van der Waals surface area contributed by atoms with Crippen LogP contribution >= 0.6 is 0 Å². The largest absolute Gasteiger partial charge is 0.374 e. The van der Waals surface area contributed by atoms with E-state index in [1.165, 1.54) is 12.8 Å². The van der Waals surface area contributed by atoms with Crippen molar-refractivity contribution in [3.05, 3.63) is 42.1 Å². The Hall–Kier alpha value is -2.68. The van der Waals surface area contributed by atoms with E-state index < -0.39 is 6.10 Å². The molecule has 196 valence electrons. The van der Waals surface area contributed by atoms with Crippen LogP contribution in [0.4, 0.5) is 22.9 Å². The van der Waals surface area contributed by atoms with Crippen LogP contribution in [0.1, 0.15) is 52.0 Å². The number of aromatic nitrogens is 1. The Bertz CT molecular complexity index is 1220. The first-order valence-corrected chi connectivity index (χ1v) is 13.6. The van der Waals surface area contributed by atoms with Gasteiger partial charge in [0.05, 0.1) is 54.5 Å². The van der Waals surface area contributed by atoms with Crippen molar-refractivity contribution < 1.29 is 19.0 Å². The Kier molecular flexibility index (Phi) is 5.33. The molecule has 1 aromatic heterocycles. The van der Waals surface area contributed by atoms with Gasteiger partial charge in [-0.1, -0.05) is 6.07 Å². The van der Waals surface area contributed by atoms with Gasteiger partial charge in [-0.2, -0.15) is 0 Å². The topological polar surface area (TPSA) is 76.2 Å². The van der Waals surface area contributed by atoms with Gasteiger partial charge in [-0.3, -0.25) is 4.79 Å². The number of nitrogens with one attached hydrogen (secondary N) is 1. The van der Waals surface area contributed by atoms with Crippen molar-refractivity contribution in [3.8, 4) is 0 Å². The number of pyridine rings is 1. The Labute approximate surface area is 218 Å². The SMILES string of the molecule is CC(C)(C)O[C@H]1CC[C@H](C(=O)N2Cc3cccnc3Nc3ccc(N4C[C@@H]5CC6CC64CO5)cc32)OC1. The lowest BCUT2D eigenvalue weighted by molar-refractivity contribution is -0.152. The summed E-state index contributed by atoms with van der Waals surface area (Å²) in [6.07, 6.45) is 5.45. The van der Waals surface area contributed by atoms with Gasteiger partial charge in [0.1, 0.15) is 11.9 Å². The van der Waals surface area contributed by atoms with Crippen LogP contribution in [0, 0.1) is 5.92 Å². The van der Waals surface area contributed by atoms with Crippen molar-refractivity contribution in [1.82, 2.24) is 4.98 Å². The molecule has 5 aliphatic heterocycles. The summed E-state index contributed by atoms with van der Waals surface area (Å²) in [5.41, 5.74) is 3.83. The third-order valence-corrected chi connectivity index (χ3v) is 8.59. The highest BCUT2D eigenvalue weighted by atomic mass is 16.6. The van der Waals surface area contributed by atoms with Gasteiger partial charge < -0.3 is 29.3 Å². The van der Waals surface area contributed by atoms with E-state index >= 15 is 0 Å². The Morgan fingerprint density at radius 1 is 1.22 bits per heavy atom. The molecule has 4 saturated heterocycles. The number of hydrogen-bond donors (Lipinski definition) is 1. The van der Waals surface area contributed by atoms with E-state index in [0.29, 0.717) is 25.7 Å². The van der Waals surface area contributed by atoms with Crippen molar-refractivity contribution in [2.24, 2.45) is 5.92 Å². The molecule has 1 saturated carbocycles. The summed E-state index contributed by atoms with van der Waals surface area (Å²) < 4.78 is 18.3. The first-order chi connectivity index (χ1) is 17.8. The third kappa shape index (κ3) is 4.10. The lowest BCUT2D eigenvalue weighted by Crippen LogP contribution is -2.57. The van der Waals surface area contributed by atoms with Crippen LogP contribution < -0.4 is 15.1 Å². The van der Waals surface area contributed by atoms with Gasteiger partial charge in [-0.05, 0) is 76.6 Å². The molecule has 6 aliphatic rings. The Morgan fingerprint density at radius 2 is 2.11 bits per heavy atom. The van der Waals surface area contributed by atoms with E-state index in [-0.39, 0.29) is 23.2 Å². The molecule has 6 heterocycles. The molecule has 5 fully saturated rings. The summed E-state index contributed by atoms with van der Waals surface area (Å²) in [5, 5.41) is 3.50. The van der Waals surface area contributed by atoms with Gasteiger partial charge in [-0.25, -0.2) is 4.98 Å². The molecule has 8 heteroatoms. The van der Waals surface area contributed by atoms with Crippen LogP contribution in [0.25, 0.3) is 0 Å². The fourth-order valence-corrected chi connectivity index (χ4v) is 6.74. The van der Waals surface area contributed by atoms with Crippen molar-refractivity contribution in [3.63, 3.8) is 0 Å². The van der Waals surface area contributed by atoms with Gasteiger partial charge in [0.25, 0.3) is 5.91 Å². The molecule has 37 heavy (non-hydrogen) atoms. The first-order valence-electron chi connectivity index (χ1n) is 13.6. The number of ether oxygens (including phenoxy) is 3. The highest BCUT2D eigenvalue weighted by Gasteiger charge is 2.65. The van der Waals surface area contributed by atoms with Crippen LogP contribution in [-0.4, -0.2) is 60.1 Å². The molecule has 1 aromatic carbocycles. The summed E-state index contributed by atoms with van der Waals surface area (Å²) in [7, 11) is 0. The van der Waals surface area contributed by atoms with Crippen molar-refractivity contribution >= 4 is 28.8 Å². The quantitative estimate of drug-likeness (QED) is 0.664. The average molecular weight is 505 g/mol. The Morgan fingerprint density at radius 3 is 2.89 bits per heavy atom. The second-order valence-electron chi connectivity index (χ2n) is 12.3. The number of rotatable bonds is 3. The molecule has 5 atom stereocenters. The van der Waals surface area contributed by atoms with Crippen molar-refractivity contribution in [2.45, 2.75) is 82.5 Å². The molecule has 1 aliphatic carbocycles. The standard InChI is InChI=1S/C29H36N4O4/c1-28(2,3)37-21-7-9-25(35-16-21)27(34)32-14-18-5-4-10-30-26(18)31-23-8-6-20(12-24(23)32)33-15-22-11-19-13-29(19,33)17-36-22/h4-6,8,10,12,19,21-22,25H,7,9,11,13-17H2,1-3H3,(H,30,31)/t19?,21-,22-,25+,29?/m0/s1. The van der Waals surface area contributed by atoms with Gasteiger partial charge in [0.2, 0.25) is 0 Å². The fourth-order valence-electron chi connectivity index (χ4n) is 6.74. The number of benzene rings is 1. The molecule has 2 bridgehead atoms. The lowest BCUT2D eigenvalue weighted by atomic mass is 9.96. The van der Waals surface area contributed by atoms with Crippen molar-refractivity contribution in [1.29, 1.82) is 0 Å². The van der Waals surface area contributed by atoms with E-state index in [2.05, 4.69) is 54.2 Å². The molecule has 0 radical (unpaired) electrons. The summed E-state index contributed by atoms with van der Waals surface area (Å²) in [5.74, 6) is 1.51. The Balaban J connectivity index is 1.19. The van der Waals surface area contributed by atoms with Crippen LogP contribution in [-0.2, 0) is 25.5 Å². The average Bonchev–Trinajstić information content (AvgIpc) is 3.64. The van der Waals surface area contributed by atoms with E-state index in [0.717, 1.165) is 53.9 Å². The number of hydrogen-bond acceptors (Lipinski definition) is 7. The fraction of sp³-hybridized carbons (Fsp3) is 0.586. The minimum atomic E-state index is -0.486. The van der Waals surface area contributed by atoms with Crippen LogP contribution in [0.2, 0.25) is 0 Å². The van der Waals surface area contributed by atoms with E-state index in [4.69, 9.17) is 14.2 Å². The zero-order chi connectivity index (χ0) is 25.4. The molecule has 8 nitrogen and oxygen atoms in total. The summed E-state index contributed by atoms with van der Waals surface area (Å²) in [4.78, 5) is 23.0. The molecule has 8 rings (SSSR count). The molecule has 2 unspecified atom stereocenters. The van der Waals surface area contributed by atoms with Gasteiger partial charge in [0, 0.05) is 24.0 Å². The number of anilines is 4. The highest BCUT2D eigenvalue weighted by Crippen LogP contribution is 2.59. The molecular weight excluding hydrogens is 468 g/mol. The monoisotopic (exact) mass is 504 g/mol. The predicted octanol–water partition coefficient (Wildman–Crippen LogP) is 4.40. The molecule has 1 amide bonds. The lowest BCUT2D eigenvalue weighted by Gasteiger charge is -2.47. The molecule has 1 N–H and O–H groups in total. The molecule has 1 spiro atoms. The van der Waals surface area contributed by atoms with E-state index in [1.807, 2.05) is 17.0 Å². The minimum Gasteiger partial charge on any atom is -0.374 e. The molecule has 2 aromatic rings. The maximum absolute atomic E-state index is 14.0. The zero-order valence-electron chi connectivity index (χ0n) is 21.9. The van der Waals surface area contributed by atoms with E-state index in [1.54, 1.807) is 6.20 Å². The normalized spacial score (nSPS) is 32.1. The van der Waals surface area contributed by atoms with Crippen molar-refractivity contribution in [2.75, 3.05) is 34.9 Å². The van der Waals surface area contributed by atoms with Crippen LogP contribution in [0.15, 0.2) is 36.5 Å². The second-order valence-corrected chi connectivity index (χ2v) is 12.3. The number of piperidine rings is 1. The number of morpholine rings is 1. The number of carbonyl (C=O) groups excluding carboxylic acids is 1. The maximum Gasteiger partial charge on any atom is 0.256 e. The minimum absolute atomic E-state index is 0.00271. The number of amides is 1. The predicted molar refractivity (Wildman–Crippen MR) is 141 cm³/mol. The number of carbonyl (C=O) groups is 1. The smallest absolute Gasteiger partial charge is 0.256 e. The summed E-state index contributed by atoms with van der Waals surface area (Å²) in [6, 6.07) is 10.4. The van der Waals surface area contributed by atoms with E-state index in [9.17, 15) is 4.79 Å². The first kappa shape index (κ1) is 23.4. The second kappa shape index (κ2) is 8.41. The van der Waals surface area contributed by atoms with Gasteiger partial charge >= 0.3 is 0 Å². The number of fused-ring (bicyclic) bond motifs is 4. The third-order valence-electron chi connectivity index (χ3n) is 8.59. The maximum atomic E-state index is 14.0. The van der Waals surface area contributed by atoms with Crippen LogP contribution in [0.5, 0.6) is 0 Å².